The highest BCUT2D eigenvalue weighted by molar-refractivity contribution is 6.33. The average molecular weight is 329 g/mol. The summed E-state index contributed by atoms with van der Waals surface area (Å²) < 4.78 is 5.14. The first kappa shape index (κ1) is 15.1. The molecule has 1 saturated heterocycles. The molecule has 0 saturated carbocycles. The van der Waals surface area contributed by atoms with Gasteiger partial charge in [-0.05, 0) is 42.0 Å². The Morgan fingerprint density at radius 3 is 2.65 bits per heavy atom. The minimum absolute atomic E-state index is 0.0539. The number of ether oxygens (including phenoxy) is 1. The first-order valence-electron chi connectivity index (χ1n) is 6.85. The van der Waals surface area contributed by atoms with E-state index in [4.69, 9.17) is 16.3 Å². The van der Waals surface area contributed by atoms with Crippen molar-refractivity contribution in [2.75, 3.05) is 12.1 Å². The quantitative estimate of drug-likeness (QED) is 0.696. The molecule has 2 aromatic rings. The fourth-order valence-electron chi connectivity index (χ4n) is 2.25. The van der Waals surface area contributed by atoms with E-state index in [1.165, 1.54) is 11.1 Å². The third-order valence-corrected chi connectivity index (χ3v) is 3.60. The SMILES string of the molecule is COc1cccc(/C=C2/C(=O)NN(c3cccc(Cl)c3)C2=O)c1. The molecule has 0 aromatic heterocycles. The molecule has 1 N–H and O–H groups in total. The second kappa shape index (κ2) is 6.14. The van der Waals surface area contributed by atoms with Crippen molar-refractivity contribution < 1.29 is 14.3 Å². The third-order valence-electron chi connectivity index (χ3n) is 3.36. The Morgan fingerprint density at radius 2 is 1.91 bits per heavy atom. The molecular weight excluding hydrogens is 316 g/mol. The highest BCUT2D eigenvalue weighted by Gasteiger charge is 2.34. The van der Waals surface area contributed by atoms with Crippen LogP contribution in [-0.2, 0) is 9.59 Å². The van der Waals surface area contributed by atoms with E-state index in [-0.39, 0.29) is 5.57 Å². The molecule has 0 atom stereocenters. The van der Waals surface area contributed by atoms with Gasteiger partial charge in [0.15, 0.2) is 0 Å². The second-order valence-corrected chi connectivity index (χ2v) is 5.33. The number of anilines is 1. The lowest BCUT2D eigenvalue weighted by Crippen LogP contribution is -2.35. The monoisotopic (exact) mass is 328 g/mol. The van der Waals surface area contributed by atoms with E-state index in [2.05, 4.69) is 5.43 Å². The van der Waals surface area contributed by atoms with E-state index in [1.807, 2.05) is 0 Å². The van der Waals surface area contributed by atoms with Crippen LogP contribution in [0.25, 0.3) is 6.08 Å². The van der Waals surface area contributed by atoms with Gasteiger partial charge in [-0.25, -0.2) is 5.01 Å². The van der Waals surface area contributed by atoms with Crippen molar-refractivity contribution in [1.82, 2.24) is 5.43 Å². The van der Waals surface area contributed by atoms with Crippen molar-refractivity contribution in [2.45, 2.75) is 0 Å². The van der Waals surface area contributed by atoms with E-state index in [0.29, 0.717) is 22.0 Å². The predicted octanol–water partition coefficient (Wildman–Crippen LogP) is 2.81. The van der Waals surface area contributed by atoms with Crippen LogP contribution >= 0.6 is 11.6 Å². The Hall–Kier alpha value is -2.79. The number of hydrazine groups is 1. The zero-order valence-corrected chi connectivity index (χ0v) is 13.0. The van der Waals surface area contributed by atoms with Crippen molar-refractivity contribution in [2.24, 2.45) is 0 Å². The first-order valence-corrected chi connectivity index (χ1v) is 7.23. The molecule has 3 rings (SSSR count). The maximum atomic E-state index is 12.5. The molecule has 2 aromatic carbocycles. The normalized spacial score (nSPS) is 15.9. The van der Waals surface area contributed by atoms with Crippen LogP contribution in [0.2, 0.25) is 5.02 Å². The van der Waals surface area contributed by atoms with Gasteiger partial charge < -0.3 is 4.74 Å². The molecule has 0 radical (unpaired) electrons. The first-order chi connectivity index (χ1) is 11.1. The molecule has 1 aliphatic rings. The Labute approximate surface area is 138 Å². The Kier molecular flexibility index (Phi) is 4.04. The van der Waals surface area contributed by atoms with Crippen molar-refractivity contribution >= 4 is 35.2 Å². The number of hydrogen-bond donors (Lipinski definition) is 1. The lowest BCUT2D eigenvalue weighted by atomic mass is 10.1. The van der Waals surface area contributed by atoms with Crippen molar-refractivity contribution in [3.63, 3.8) is 0 Å². The zero-order chi connectivity index (χ0) is 16.4. The summed E-state index contributed by atoms with van der Waals surface area (Å²) in [6, 6.07) is 13.8. The Morgan fingerprint density at radius 1 is 1.13 bits per heavy atom. The number of nitrogens with one attached hydrogen (secondary N) is 1. The van der Waals surface area contributed by atoms with Crippen molar-refractivity contribution in [3.8, 4) is 5.75 Å². The van der Waals surface area contributed by atoms with Crippen LogP contribution in [0.1, 0.15) is 5.56 Å². The highest BCUT2D eigenvalue weighted by atomic mass is 35.5. The van der Waals surface area contributed by atoms with Crippen molar-refractivity contribution in [1.29, 1.82) is 0 Å². The van der Waals surface area contributed by atoms with Gasteiger partial charge in [-0.2, -0.15) is 0 Å². The van der Waals surface area contributed by atoms with E-state index >= 15 is 0 Å². The lowest BCUT2D eigenvalue weighted by molar-refractivity contribution is -0.117. The van der Waals surface area contributed by atoms with E-state index < -0.39 is 11.8 Å². The second-order valence-electron chi connectivity index (χ2n) is 4.90. The topological polar surface area (TPSA) is 58.6 Å². The molecule has 1 fully saturated rings. The lowest BCUT2D eigenvalue weighted by Gasteiger charge is -2.14. The summed E-state index contributed by atoms with van der Waals surface area (Å²) in [5, 5.41) is 1.66. The van der Waals surface area contributed by atoms with Crippen LogP contribution in [-0.4, -0.2) is 18.9 Å². The number of halogens is 1. The molecule has 0 unspecified atom stereocenters. The maximum Gasteiger partial charge on any atom is 0.282 e. The largest absolute Gasteiger partial charge is 0.497 e. The van der Waals surface area contributed by atoms with Crippen LogP contribution in [0.4, 0.5) is 5.69 Å². The Bertz CT molecular complexity index is 817. The summed E-state index contributed by atoms with van der Waals surface area (Å²) in [5.41, 5.74) is 3.80. The average Bonchev–Trinajstić information content (AvgIpc) is 2.83. The molecule has 1 aliphatic heterocycles. The number of carbonyl (C=O) groups is 2. The van der Waals surface area contributed by atoms with E-state index in [1.54, 1.807) is 55.6 Å². The summed E-state index contributed by atoms with van der Waals surface area (Å²) in [5.74, 6) is -0.241. The van der Waals surface area contributed by atoms with Crippen LogP contribution in [0.5, 0.6) is 5.75 Å². The third kappa shape index (κ3) is 3.05. The number of carbonyl (C=O) groups excluding carboxylic acids is 2. The van der Waals surface area contributed by atoms with Gasteiger partial charge in [-0.15, -0.1) is 0 Å². The van der Waals surface area contributed by atoms with Crippen LogP contribution in [0, 0.1) is 0 Å². The fraction of sp³-hybridized carbons (Fsp3) is 0.0588. The number of amides is 2. The van der Waals surface area contributed by atoms with Gasteiger partial charge in [0.05, 0.1) is 12.8 Å². The fourth-order valence-corrected chi connectivity index (χ4v) is 2.44. The number of rotatable bonds is 3. The zero-order valence-electron chi connectivity index (χ0n) is 12.2. The number of benzene rings is 2. The molecule has 23 heavy (non-hydrogen) atoms. The van der Waals surface area contributed by atoms with Crippen LogP contribution in [0.15, 0.2) is 54.1 Å². The smallest absolute Gasteiger partial charge is 0.282 e. The summed E-state index contributed by atoms with van der Waals surface area (Å²) in [6.07, 6.45) is 1.53. The standard InChI is InChI=1S/C17H13ClN2O3/c1-23-14-7-2-4-11(8-14)9-15-16(21)19-20(17(15)22)13-6-3-5-12(18)10-13/h2-10H,1H3,(H,19,21)/b15-9-. The van der Waals surface area contributed by atoms with Crippen LogP contribution < -0.4 is 15.2 Å². The van der Waals surface area contributed by atoms with Gasteiger partial charge in [0, 0.05) is 5.02 Å². The number of hydrogen-bond acceptors (Lipinski definition) is 3. The van der Waals surface area contributed by atoms with Crippen LogP contribution in [0.3, 0.4) is 0 Å². The van der Waals surface area contributed by atoms with E-state index in [0.717, 1.165) is 0 Å². The summed E-state index contributed by atoms with van der Waals surface area (Å²) in [4.78, 5) is 24.6. The molecule has 6 heteroatoms. The van der Waals surface area contributed by atoms with Gasteiger partial charge in [-0.1, -0.05) is 29.8 Å². The Balaban J connectivity index is 1.93. The molecular formula is C17H13ClN2O3. The summed E-state index contributed by atoms with van der Waals surface area (Å²) in [6.45, 7) is 0. The molecule has 2 amide bonds. The van der Waals surface area contributed by atoms with E-state index in [9.17, 15) is 9.59 Å². The van der Waals surface area contributed by atoms with Gasteiger partial charge >= 0.3 is 0 Å². The minimum atomic E-state index is -0.460. The maximum absolute atomic E-state index is 12.5. The molecule has 1 heterocycles. The molecule has 0 spiro atoms. The van der Waals surface area contributed by atoms with Gasteiger partial charge in [0.1, 0.15) is 11.3 Å². The molecule has 116 valence electrons. The number of methoxy groups -OCH3 is 1. The van der Waals surface area contributed by atoms with Gasteiger partial charge in [0.25, 0.3) is 11.8 Å². The number of nitrogens with zero attached hydrogens (tertiary/aromatic N) is 1. The molecule has 0 bridgehead atoms. The van der Waals surface area contributed by atoms with Gasteiger partial charge in [-0.3, -0.25) is 15.0 Å². The molecule has 0 aliphatic carbocycles. The molecule has 5 nitrogen and oxygen atoms in total. The van der Waals surface area contributed by atoms with Gasteiger partial charge in [0.2, 0.25) is 0 Å². The summed E-state index contributed by atoms with van der Waals surface area (Å²) in [7, 11) is 1.56. The highest BCUT2D eigenvalue weighted by Crippen LogP contribution is 2.24. The van der Waals surface area contributed by atoms with Crippen molar-refractivity contribution in [3.05, 3.63) is 64.7 Å². The minimum Gasteiger partial charge on any atom is -0.497 e. The summed E-state index contributed by atoms with van der Waals surface area (Å²) >= 11 is 5.93. The predicted molar refractivity (Wildman–Crippen MR) is 88.1 cm³/mol.